The largest absolute Gasteiger partial charge is 0.494 e. The van der Waals surface area contributed by atoms with Crippen molar-refractivity contribution < 1.29 is 19.1 Å². The molecule has 36 heavy (non-hydrogen) atoms. The first kappa shape index (κ1) is 29.2. The highest BCUT2D eigenvalue weighted by Crippen LogP contribution is 2.25. The SMILES string of the molecule is CCC(=O)NC(=N)c1ccc(OCCCCCOc2ccc(C(=O)N(C(C)C)C(C)C)c(Cl)c2)cc1. The van der Waals surface area contributed by atoms with Crippen molar-refractivity contribution in [3.8, 4) is 11.5 Å². The molecule has 0 bridgehead atoms. The summed E-state index contributed by atoms with van der Waals surface area (Å²) in [5, 5.41) is 10.8. The first-order chi connectivity index (χ1) is 17.1. The molecule has 0 unspecified atom stereocenters. The molecule has 0 heterocycles. The lowest BCUT2D eigenvalue weighted by molar-refractivity contribution is -0.119. The lowest BCUT2D eigenvalue weighted by Gasteiger charge is -2.31. The fourth-order valence-corrected chi connectivity index (χ4v) is 3.99. The third kappa shape index (κ3) is 8.86. The summed E-state index contributed by atoms with van der Waals surface area (Å²) in [6.07, 6.45) is 3.02. The van der Waals surface area contributed by atoms with E-state index in [4.69, 9.17) is 26.5 Å². The summed E-state index contributed by atoms with van der Waals surface area (Å²) in [6, 6.07) is 12.5. The van der Waals surface area contributed by atoms with Gasteiger partial charge < -0.3 is 19.7 Å². The van der Waals surface area contributed by atoms with Gasteiger partial charge in [0.05, 0.1) is 23.8 Å². The lowest BCUT2D eigenvalue weighted by atomic mass is 10.1. The van der Waals surface area contributed by atoms with Gasteiger partial charge in [-0.25, -0.2) is 0 Å². The Bertz CT molecular complexity index is 1010. The molecule has 0 saturated heterocycles. The molecular formula is C28H38ClN3O4. The smallest absolute Gasteiger partial charge is 0.255 e. The maximum absolute atomic E-state index is 12.9. The number of halogens is 1. The van der Waals surface area contributed by atoms with Crippen LogP contribution in [0.25, 0.3) is 0 Å². The van der Waals surface area contributed by atoms with Crippen LogP contribution in [0.1, 0.15) is 76.2 Å². The minimum Gasteiger partial charge on any atom is -0.494 e. The Morgan fingerprint density at radius 1 is 0.917 bits per heavy atom. The number of rotatable bonds is 13. The van der Waals surface area contributed by atoms with E-state index in [1.807, 2.05) is 32.6 Å². The number of hydrogen-bond donors (Lipinski definition) is 2. The van der Waals surface area contributed by atoms with Crippen LogP contribution in [0.5, 0.6) is 11.5 Å². The van der Waals surface area contributed by atoms with Crippen molar-refractivity contribution in [3.63, 3.8) is 0 Å². The number of amidine groups is 1. The van der Waals surface area contributed by atoms with E-state index in [0.717, 1.165) is 25.0 Å². The highest BCUT2D eigenvalue weighted by Gasteiger charge is 2.23. The van der Waals surface area contributed by atoms with Crippen molar-refractivity contribution in [1.82, 2.24) is 10.2 Å². The number of nitrogens with zero attached hydrogens (tertiary/aromatic N) is 1. The second-order valence-corrected chi connectivity index (χ2v) is 9.51. The monoisotopic (exact) mass is 515 g/mol. The Morgan fingerprint density at radius 2 is 1.47 bits per heavy atom. The number of amides is 2. The number of hydrogen-bond acceptors (Lipinski definition) is 5. The van der Waals surface area contributed by atoms with Gasteiger partial charge in [-0.05, 0) is 89.4 Å². The zero-order valence-electron chi connectivity index (χ0n) is 21.9. The second-order valence-electron chi connectivity index (χ2n) is 9.10. The Morgan fingerprint density at radius 3 is 2.00 bits per heavy atom. The Balaban J connectivity index is 1.70. The van der Waals surface area contributed by atoms with Crippen LogP contribution in [0, 0.1) is 5.41 Å². The van der Waals surface area contributed by atoms with E-state index in [0.29, 0.717) is 41.5 Å². The van der Waals surface area contributed by atoms with Crippen LogP contribution in [-0.2, 0) is 4.79 Å². The van der Waals surface area contributed by atoms with Gasteiger partial charge in [-0.15, -0.1) is 0 Å². The number of carbonyl (C=O) groups excluding carboxylic acids is 2. The minimum atomic E-state index is -0.181. The van der Waals surface area contributed by atoms with Gasteiger partial charge >= 0.3 is 0 Å². The van der Waals surface area contributed by atoms with Gasteiger partial charge in [-0.3, -0.25) is 15.0 Å². The van der Waals surface area contributed by atoms with Crippen LogP contribution in [0.3, 0.4) is 0 Å². The average molecular weight is 516 g/mol. The molecule has 2 aromatic rings. The van der Waals surface area contributed by atoms with Gasteiger partial charge in [0.25, 0.3) is 5.91 Å². The topological polar surface area (TPSA) is 91.7 Å². The van der Waals surface area contributed by atoms with E-state index >= 15 is 0 Å². The number of unbranched alkanes of at least 4 members (excludes halogenated alkanes) is 2. The Kier molecular flexibility index (Phi) is 11.7. The molecule has 0 saturated carbocycles. The Labute approximate surface area is 219 Å². The van der Waals surface area contributed by atoms with Crippen LogP contribution < -0.4 is 14.8 Å². The van der Waals surface area contributed by atoms with Crippen molar-refractivity contribution in [2.45, 2.75) is 72.4 Å². The molecule has 0 fully saturated rings. The van der Waals surface area contributed by atoms with Crippen LogP contribution in [0.15, 0.2) is 42.5 Å². The molecule has 196 valence electrons. The van der Waals surface area contributed by atoms with Gasteiger partial charge in [0.1, 0.15) is 17.3 Å². The van der Waals surface area contributed by atoms with Crippen molar-refractivity contribution >= 4 is 29.3 Å². The van der Waals surface area contributed by atoms with Crippen LogP contribution in [-0.4, -0.2) is 47.8 Å². The lowest BCUT2D eigenvalue weighted by Crippen LogP contribution is -2.42. The normalized spacial score (nSPS) is 10.9. The predicted molar refractivity (Wildman–Crippen MR) is 144 cm³/mol. The summed E-state index contributed by atoms with van der Waals surface area (Å²) < 4.78 is 11.6. The molecule has 0 radical (unpaired) electrons. The van der Waals surface area contributed by atoms with E-state index in [9.17, 15) is 9.59 Å². The molecule has 0 spiro atoms. The molecule has 2 amide bonds. The number of benzene rings is 2. The summed E-state index contributed by atoms with van der Waals surface area (Å²) in [4.78, 5) is 26.1. The number of nitrogens with one attached hydrogen (secondary N) is 2. The van der Waals surface area contributed by atoms with Gasteiger partial charge in [0.15, 0.2) is 0 Å². The van der Waals surface area contributed by atoms with Crippen molar-refractivity contribution in [2.24, 2.45) is 0 Å². The van der Waals surface area contributed by atoms with Crippen molar-refractivity contribution in [1.29, 1.82) is 5.41 Å². The van der Waals surface area contributed by atoms with E-state index < -0.39 is 0 Å². The first-order valence-electron chi connectivity index (χ1n) is 12.5. The number of ether oxygens (including phenoxy) is 2. The zero-order valence-corrected chi connectivity index (χ0v) is 22.7. The third-order valence-corrected chi connectivity index (χ3v) is 5.89. The molecule has 0 aromatic heterocycles. The van der Waals surface area contributed by atoms with Gasteiger partial charge in [0, 0.05) is 24.1 Å². The van der Waals surface area contributed by atoms with E-state index in [1.165, 1.54) is 0 Å². The van der Waals surface area contributed by atoms with Gasteiger partial charge in [-0.1, -0.05) is 18.5 Å². The summed E-state index contributed by atoms with van der Waals surface area (Å²) in [7, 11) is 0. The summed E-state index contributed by atoms with van der Waals surface area (Å²) in [6.45, 7) is 10.9. The third-order valence-electron chi connectivity index (χ3n) is 5.57. The highest BCUT2D eigenvalue weighted by molar-refractivity contribution is 6.34. The van der Waals surface area contributed by atoms with Crippen molar-refractivity contribution in [3.05, 3.63) is 58.6 Å². The fourth-order valence-electron chi connectivity index (χ4n) is 3.74. The predicted octanol–water partition coefficient (Wildman–Crippen LogP) is 6.08. The first-order valence-corrected chi connectivity index (χ1v) is 12.9. The van der Waals surface area contributed by atoms with E-state index in [1.54, 1.807) is 49.4 Å². The molecule has 8 heteroatoms. The average Bonchev–Trinajstić information content (AvgIpc) is 2.83. The minimum absolute atomic E-state index is 0.0762. The zero-order chi connectivity index (χ0) is 26.7. The van der Waals surface area contributed by atoms with Crippen molar-refractivity contribution in [2.75, 3.05) is 13.2 Å². The second kappa shape index (κ2) is 14.5. The highest BCUT2D eigenvalue weighted by atomic mass is 35.5. The Hall–Kier alpha value is -3.06. The molecule has 2 N–H and O–H groups in total. The summed E-state index contributed by atoms with van der Waals surface area (Å²) in [5.41, 5.74) is 1.12. The summed E-state index contributed by atoms with van der Waals surface area (Å²) in [5.74, 6) is 1.20. The van der Waals surface area contributed by atoms with E-state index in [2.05, 4.69) is 5.32 Å². The standard InChI is InChI=1S/C28H38ClN3O4/c1-6-26(33)31-27(30)21-10-12-22(13-11-21)35-16-8-7-9-17-36-23-14-15-24(25(29)18-23)28(34)32(19(2)3)20(4)5/h10-15,18-20H,6-9,16-17H2,1-5H3,(H2,30,31,33). The van der Waals surface area contributed by atoms with Gasteiger partial charge in [0.2, 0.25) is 5.91 Å². The van der Waals surface area contributed by atoms with Gasteiger partial charge in [-0.2, -0.15) is 0 Å². The molecular weight excluding hydrogens is 478 g/mol. The van der Waals surface area contributed by atoms with Crippen LogP contribution in [0.2, 0.25) is 5.02 Å². The molecule has 0 aliphatic carbocycles. The molecule has 0 aliphatic heterocycles. The maximum Gasteiger partial charge on any atom is 0.255 e. The maximum atomic E-state index is 12.9. The molecule has 7 nitrogen and oxygen atoms in total. The van der Waals surface area contributed by atoms with Crippen LogP contribution in [0.4, 0.5) is 0 Å². The summed E-state index contributed by atoms with van der Waals surface area (Å²) >= 11 is 6.40. The number of carbonyl (C=O) groups is 2. The quantitative estimate of drug-likeness (QED) is 0.192. The molecule has 0 atom stereocenters. The van der Waals surface area contributed by atoms with Crippen LogP contribution >= 0.6 is 11.6 Å². The molecule has 2 rings (SSSR count). The molecule has 2 aromatic carbocycles. The fraction of sp³-hybridized carbons (Fsp3) is 0.464. The van der Waals surface area contributed by atoms with E-state index in [-0.39, 0.29) is 29.7 Å². The molecule has 0 aliphatic rings.